The van der Waals surface area contributed by atoms with Crippen LogP contribution < -0.4 is 10.1 Å². The number of rotatable bonds is 8. The molecule has 0 spiro atoms. The molecule has 1 N–H and O–H groups in total. The fourth-order valence-electron chi connectivity index (χ4n) is 2.47. The zero-order valence-corrected chi connectivity index (χ0v) is 16.6. The number of benzene rings is 2. The second-order valence-corrected chi connectivity index (χ2v) is 8.29. The molecule has 0 bridgehead atoms. The number of sulfonamides is 1. The summed E-state index contributed by atoms with van der Waals surface area (Å²) in [6, 6.07) is 7.34. The molecule has 0 saturated carbocycles. The Morgan fingerprint density at radius 3 is 2.50 bits per heavy atom. The lowest BCUT2D eigenvalue weighted by Crippen LogP contribution is -2.23. The van der Waals surface area contributed by atoms with E-state index < -0.39 is 27.6 Å². The van der Waals surface area contributed by atoms with Gasteiger partial charge in [-0.25, -0.2) is 21.5 Å². The number of carbonyl (C=O) groups is 1. The molecule has 0 aliphatic heterocycles. The van der Waals surface area contributed by atoms with Gasteiger partial charge in [-0.3, -0.25) is 4.79 Å². The molecule has 0 radical (unpaired) electrons. The van der Waals surface area contributed by atoms with Gasteiger partial charge in [0, 0.05) is 26.2 Å². The van der Waals surface area contributed by atoms with E-state index >= 15 is 0 Å². The van der Waals surface area contributed by atoms with E-state index in [0.29, 0.717) is 0 Å². The number of carbonyl (C=O) groups excluding carboxylic acids is 1. The average molecular weight is 412 g/mol. The van der Waals surface area contributed by atoms with Crippen LogP contribution in [0.5, 0.6) is 5.75 Å². The van der Waals surface area contributed by atoms with Crippen molar-refractivity contribution in [1.29, 1.82) is 0 Å². The number of hydrogen-bond acceptors (Lipinski definition) is 4. The summed E-state index contributed by atoms with van der Waals surface area (Å²) in [4.78, 5) is 12.1. The number of aryl methyl sites for hydroxylation is 1. The third-order valence-corrected chi connectivity index (χ3v) is 5.75. The van der Waals surface area contributed by atoms with Crippen LogP contribution in [0.1, 0.15) is 18.9 Å². The molecule has 0 unspecified atom stereocenters. The summed E-state index contributed by atoms with van der Waals surface area (Å²) in [5.41, 5.74) is 0.353. The minimum atomic E-state index is -3.79. The van der Waals surface area contributed by atoms with Gasteiger partial charge in [-0.1, -0.05) is 0 Å². The summed E-state index contributed by atoms with van der Waals surface area (Å²) in [5.74, 6) is -1.45. The molecular formula is C19H22F2N2O4S. The molecule has 0 aliphatic rings. The van der Waals surface area contributed by atoms with Crippen molar-refractivity contribution in [2.24, 2.45) is 0 Å². The first-order valence-corrected chi connectivity index (χ1v) is 10.0. The first-order chi connectivity index (χ1) is 13.1. The molecule has 0 heterocycles. The maximum absolute atomic E-state index is 13.6. The Kier molecular flexibility index (Phi) is 7.09. The number of halogens is 2. The second-order valence-electron chi connectivity index (χ2n) is 6.17. The van der Waals surface area contributed by atoms with E-state index in [-0.39, 0.29) is 41.3 Å². The van der Waals surface area contributed by atoms with E-state index in [1.807, 2.05) is 0 Å². The molecule has 2 rings (SSSR count). The smallest absolute Gasteiger partial charge is 0.246 e. The van der Waals surface area contributed by atoms with Crippen LogP contribution in [0.3, 0.4) is 0 Å². The third kappa shape index (κ3) is 5.26. The maximum Gasteiger partial charge on any atom is 0.246 e. The van der Waals surface area contributed by atoms with Crippen molar-refractivity contribution in [3.63, 3.8) is 0 Å². The van der Waals surface area contributed by atoms with Crippen molar-refractivity contribution in [3.8, 4) is 5.75 Å². The molecule has 0 saturated heterocycles. The largest absolute Gasteiger partial charge is 0.492 e. The summed E-state index contributed by atoms with van der Waals surface area (Å²) in [6.45, 7) is 2.01. The van der Waals surface area contributed by atoms with Crippen molar-refractivity contribution >= 4 is 21.6 Å². The monoisotopic (exact) mass is 412 g/mol. The van der Waals surface area contributed by atoms with Gasteiger partial charge < -0.3 is 10.1 Å². The fraction of sp³-hybridized carbons (Fsp3) is 0.316. The summed E-state index contributed by atoms with van der Waals surface area (Å²) in [7, 11) is -1.00. The SMILES string of the molecule is CCOc1ccc(NC(=O)CCc2cc(F)ccc2F)cc1S(=O)(=O)N(C)C. The van der Waals surface area contributed by atoms with Gasteiger partial charge in [0.25, 0.3) is 0 Å². The number of anilines is 1. The van der Waals surface area contributed by atoms with E-state index in [4.69, 9.17) is 4.74 Å². The maximum atomic E-state index is 13.6. The van der Waals surface area contributed by atoms with Crippen LogP contribution >= 0.6 is 0 Å². The molecule has 0 aromatic heterocycles. The van der Waals surface area contributed by atoms with E-state index in [2.05, 4.69) is 5.32 Å². The van der Waals surface area contributed by atoms with Gasteiger partial charge in [-0.15, -0.1) is 0 Å². The number of amides is 1. The van der Waals surface area contributed by atoms with Crippen LogP contribution in [0.4, 0.5) is 14.5 Å². The van der Waals surface area contributed by atoms with Gasteiger partial charge in [-0.2, -0.15) is 0 Å². The normalized spacial score (nSPS) is 11.5. The number of ether oxygens (including phenoxy) is 1. The molecule has 2 aromatic rings. The Labute approximate surface area is 163 Å². The highest BCUT2D eigenvalue weighted by Crippen LogP contribution is 2.29. The standard InChI is InChI=1S/C19H22F2N2O4S/c1-4-27-17-9-7-15(12-18(17)28(25,26)23(2)3)22-19(24)10-5-13-11-14(20)6-8-16(13)21/h6-9,11-12H,4-5,10H2,1-3H3,(H,22,24). The molecular weight excluding hydrogens is 390 g/mol. The molecule has 0 atom stereocenters. The van der Waals surface area contributed by atoms with E-state index in [0.717, 1.165) is 22.5 Å². The minimum absolute atomic E-state index is 0.00924. The lowest BCUT2D eigenvalue weighted by atomic mass is 10.1. The van der Waals surface area contributed by atoms with Crippen molar-refractivity contribution in [2.75, 3.05) is 26.0 Å². The molecule has 2 aromatic carbocycles. The Bertz CT molecular complexity index is 962. The molecule has 28 heavy (non-hydrogen) atoms. The van der Waals surface area contributed by atoms with Crippen LogP contribution in [-0.4, -0.2) is 39.3 Å². The first kappa shape index (κ1) is 21.8. The Morgan fingerprint density at radius 1 is 1.14 bits per heavy atom. The number of nitrogens with zero attached hydrogens (tertiary/aromatic N) is 1. The highest BCUT2D eigenvalue weighted by Gasteiger charge is 2.23. The van der Waals surface area contributed by atoms with E-state index in [1.54, 1.807) is 6.92 Å². The topological polar surface area (TPSA) is 75.7 Å². The summed E-state index contributed by atoms with van der Waals surface area (Å²) < 4.78 is 58.3. The molecule has 152 valence electrons. The fourth-order valence-corrected chi connectivity index (χ4v) is 3.52. The van der Waals surface area contributed by atoms with Gasteiger partial charge in [0.2, 0.25) is 15.9 Å². The summed E-state index contributed by atoms with van der Waals surface area (Å²) >= 11 is 0. The Balaban J connectivity index is 2.17. The molecule has 9 heteroatoms. The summed E-state index contributed by atoms with van der Waals surface area (Å²) in [6.07, 6.45) is -0.0847. The van der Waals surface area contributed by atoms with Gasteiger partial charge in [0.05, 0.1) is 6.61 Å². The Morgan fingerprint density at radius 2 is 1.86 bits per heavy atom. The number of hydrogen-bond donors (Lipinski definition) is 1. The first-order valence-electron chi connectivity index (χ1n) is 8.58. The van der Waals surface area contributed by atoms with Crippen molar-refractivity contribution in [1.82, 2.24) is 4.31 Å². The van der Waals surface area contributed by atoms with Crippen molar-refractivity contribution in [2.45, 2.75) is 24.7 Å². The van der Waals surface area contributed by atoms with Crippen LogP contribution in [-0.2, 0) is 21.2 Å². The zero-order chi connectivity index (χ0) is 20.9. The lowest BCUT2D eigenvalue weighted by Gasteiger charge is -2.16. The van der Waals surface area contributed by atoms with E-state index in [9.17, 15) is 22.0 Å². The molecule has 0 aliphatic carbocycles. The predicted molar refractivity (Wildman–Crippen MR) is 102 cm³/mol. The third-order valence-electron chi connectivity index (χ3n) is 3.92. The average Bonchev–Trinajstić information content (AvgIpc) is 2.63. The quantitative estimate of drug-likeness (QED) is 0.723. The zero-order valence-electron chi connectivity index (χ0n) is 15.8. The second kappa shape index (κ2) is 9.11. The van der Waals surface area contributed by atoms with E-state index in [1.165, 1.54) is 32.3 Å². The predicted octanol–water partition coefficient (Wildman–Crippen LogP) is 3.19. The van der Waals surface area contributed by atoms with Crippen LogP contribution in [0.25, 0.3) is 0 Å². The van der Waals surface area contributed by atoms with Crippen LogP contribution in [0, 0.1) is 11.6 Å². The van der Waals surface area contributed by atoms with Gasteiger partial charge in [0.1, 0.15) is 22.3 Å². The molecule has 6 nitrogen and oxygen atoms in total. The highest BCUT2D eigenvalue weighted by molar-refractivity contribution is 7.89. The van der Waals surface area contributed by atoms with Crippen LogP contribution in [0.2, 0.25) is 0 Å². The summed E-state index contributed by atoms with van der Waals surface area (Å²) in [5, 5.41) is 2.57. The highest BCUT2D eigenvalue weighted by atomic mass is 32.2. The van der Waals surface area contributed by atoms with Gasteiger partial charge >= 0.3 is 0 Å². The molecule has 1 amide bonds. The number of nitrogens with one attached hydrogen (secondary N) is 1. The molecule has 0 fully saturated rings. The minimum Gasteiger partial charge on any atom is -0.492 e. The van der Waals surface area contributed by atoms with Crippen molar-refractivity contribution < 1.29 is 26.7 Å². The Hall–Kier alpha value is -2.52. The van der Waals surface area contributed by atoms with Gasteiger partial charge in [0.15, 0.2) is 0 Å². The lowest BCUT2D eigenvalue weighted by molar-refractivity contribution is -0.116. The van der Waals surface area contributed by atoms with Gasteiger partial charge in [-0.05, 0) is 55.3 Å². The van der Waals surface area contributed by atoms with Crippen LogP contribution in [0.15, 0.2) is 41.3 Å². The van der Waals surface area contributed by atoms with Crippen molar-refractivity contribution in [3.05, 3.63) is 53.6 Å².